The number of carbonyl (C=O) groups is 2. The lowest BCUT2D eigenvalue weighted by atomic mass is 10.0. The summed E-state index contributed by atoms with van der Waals surface area (Å²) in [6.07, 6.45) is 5.36. The van der Waals surface area contributed by atoms with Crippen LogP contribution in [-0.4, -0.2) is 39.4 Å². The molecule has 0 bridgehead atoms. The van der Waals surface area contributed by atoms with Crippen LogP contribution in [0, 0.1) is 6.92 Å². The van der Waals surface area contributed by atoms with Crippen molar-refractivity contribution in [3.05, 3.63) is 65.0 Å². The second kappa shape index (κ2) is 7.76. The van der Waals surface area contributed by atoms with Crippen LogP contribution >= 0.6 is 0 Å². The SMILES string of the molecule is Cc1c(CN(C)C(=O)/C=C/c2cnc3c(c2)CC(N)C(=O)N3)c2ccccc2n1C. The van der Waals surface area contributed by atoms with E-state index in [1.807, 2.05) is 25.2 Å². The van der Waals surface area contributed by atoms with E-state index in [-0.39, 0.29) is 11.8 Å². The van der Waals surface area contributed by atoms with E-state index in [0.717, 1.165) is 27.9 Å². The fourth-order valence-electron chi connectivity index (χ4n) is 3.84. The highest BCUT2D eigenvalue weighted by Gasteiger charge is 2.23. The summed E-state index contributed by atoms with van der Waals surface area (Å²) in [5.74, 6) is 0.220. The van der Waals surface area contributed by atoms with Crippen LogP contribution in [0.5, 0.6) is 0 Å². The Bertz CT molecular complexity index is 1180. The molecule has 2 aromatic heterocycles. The Morgan fingerprint density at radius 2 is 2.17 bits per heavy atom. The molecule has 1 unspecified atom stereocenters. The van der Waals surface area contributed by atoms with Crippen molar-refractivity contribution in [1.82, 2.24) is 14.5 Å². The number of hydrogen-bond acceptors (Lipinski definition) is 4. The van der Waals surface area contributed by atoms with Gasteiger partial charge in [-0.2, -0.15) is 0 Å². The number of likely N-dealkylation sites (N-methyl/N-ethyl adjacent to an activating group) is 1. The standard InChI is InChI=1S/C23H25N5O2/c1-14-18(17-6-4-5-7-20(17)28(14)3)13-27(2)21(29)9-8-15-10-16-11-19(24)23(30)26-22(16)25-12-15/h4-10,12,19H,11,13,24H2,1-3H3,(H,25,26,30)/b9-8+. The number of amides is 2. The van der Waals surface area contributed by atoms with Gasteiger partial charge in [-0.25, -0.2) is 4.98 Å². The Labute approximate surface area is 175 Å². The summed E-state index contributed by atoms with van der Waals surface area (Å²) in [4.78, 5) is 30.3. The zero-order valence-corrected chi connectivity index (χ0v) is 17.3. The quantitative estimate of drug-likeness (QED) is 0.654. The Morgan fingerprint density at radius 1 is 1.40 bits per heavy atom. The van der Waals surface area contributed by atoms with Gasteiger partial charge in [-0.15, -0.1) is 0 Å². The number of nitrogens with zero attached hydrogens (tertiary/aromatic N) is 3. The molecule has 7 nitrogen and oxygen atoms in total. The topological polar surface area (TPSA) is 93.2 Å². The Morgan fingerprint density at radius 3 is 2.97 bits per heavy atom. The van der Waals surface area contributed by atoms with Crippen LogP contribution in [-0.2, 0) is 29.6 Å². The molecular formula is C23H25N5O2. The Kier molecular flexibility index (Phi) is 5.13. The summed E-state index contributed by atoms with van der Waals surface area (Å²) in [6.45, 7) is 2.60. The molecule has 0 radical (unpaired) electrons. The molecule has 3 N–H and O–H groups in total. The van der Waals surface area contributed by atoms with Crippen molar-refractivity contribution >= 4 is 34.6 Å². The van der Waals surface area contributed by atoms with Crippen LogP contribution in [0.1, 0.15) is 22.4 Å². The number of fused-ring (bicyclic) bond motifs is 2. The maximum absolute atomic E-state index is 12.7. The average Bonchev–Trinajstić information content (AvgIpc) is 2.98. The molecule has 154 valence electrons. The van der Waals surface area contributed by atoms with Gasteiger partial charge in [0.1, 0.15) is 5.82 Å². The van der Waals surface area contributed by atoms with Crippen LogP contribution in [0.15, 0.2) is 42.6 Å². The zero-order valence-electron chi connectivity index (χ0n) is 17.3. The minimum atomic E-state index is -0.574. The fourth-order valence-corrected chi connectivity index (χ4v) is 3.84. The molecule has 30 heavy (non-hydrogen) atoms. The van der Waals surface area contributed by atoms with Crippen molar-refractivity contribution in [3.63, 3.8) is 0 Å². The molecule has 3 aromatic rings. The molecular weight excluding hydrogens is 378 g/mol. The first-order valence-electron chi connectivity index (χ1n) is 9.86. The summed E-state index contributed by atoms with van der Waals surface area (Å²) in [6, 6.07) is 9.55. The number of aryl methyl sites for hydroxylation is 1. The molecule has 4 rings (SSSR count). The lowest BCUT2D eigenvalue weighted by molar-refractivity contribution is -0.125. The molecule has 1 aliphatic heterocycles. The number of carbonyl (C=O) groups excluding carboxylic acids is 2. The second-order valence-electron chi connectivity index (χ2n) is 7.74. The predicted molar refractivity (Wildman–Crippen MR) is 118 cm³/mol. The van der Waals surface area contributed by atoms with Crippen LogP contribution in [0.2, 0.25) is 0 Å². The van der Waals surface area contributed by atoms with Crippen LogP contribution in [0.3, 0.4) is 0 Å². The molecule has 0 spiro atoms. The first-order chi connectivity index (χ1) is 14.3. The minimum Gasteiger partial charge on any atom is -0.348 e. The second-order valence-corrected chi connectivity index (χ2v) is 7.74. The summed E-state index contributed by atoms with van der Waals surface area (Å²) < 4.78 is 2.15. The van der Waals surface area contributed by atoms with Crippen molar-refractivity contribution < 1.29 is 9.59 Å². The van der Waals surface area contributed by atoms with E-state index < -0.39 is 6.04 Å². The van der Waals surface area contributed by atoms with Crippen molar-refractivity contribution in [2.24, 2.45) is 12.8 Å². The van der Waals surface area contributed by atoms with Gasteiger partial charge in [0, 0.05) is 55.9 Å². The molecule has 0 saturated carbocycles. The number of rotatable bonds is 4. The van der Waals surface area contributed by atoms with Gasteiger partial charge < -0.3 is 20.5 Å². The zero-order chi connectivity index (χ0) is 21.4. The number of nitrogens with two attached hydrogens (primary N) is 1. The highest BCUT2D eigenvalue weighted by Crippen LogP contribution is 2.26. The number of nitrogens with one attached hydrogen (secondary N) is 1. The molecule has 1 aliphatic rings. The van der Waals surface area contributed by atoms with E-state index in [9.17, 15) is 9.59 Å². The third kappa shape index (κ3) is 3.59. The predicted octanol–water partition coefficient (Wildman–Crippen LogP) is 2.38. The van der Waals surface area contributed by atoms with Gasteiger partial charge in [0.15, 0.2) is 0 Å². The summed E-state index contributed by atoms with van der Waals surface area (Å²) in [7, 11) is 3.84. The van der Waals surface area contributed by atoms with Gasteiger partial charge in [-0.05, 0) is 41.8 Å². The number of para-hydroxylation sites is 1. The number of anilines is 1. The molecule has 0 saturated heterocycles. The molecule has 7 heteroatoms. The fraction of sp³-hybridized carbons (Fsp3) is 0.261. The average molecular weight is 403 g/mol. The van der Waals surface area contributed by atoms with Gasteiger partial charge in [0.25, 0.3) is 0 Å². The maximum atomic E-state index is 12.7. The number of benzene rings is 1. The van der Waals surface area contributed by atoms with Gasteiger partial charge >= 0.3 is 0 Å². The van der Waals surface area contributed by atoms with Crippen molar-refractivity contribution in [1.29, 1.82) is 0 Å². The van der Waals surface area contributed by atoms with E-state index in [0.29, 0.717) is 18.8 Å². The van der Waals surface area contributed by atoms with Crippen LogP contribution < -0.4 is 11.1 Å². The van der Waals surface area contributed by atoms with Crippen molar-refractivity contribution in [2.45, 2.75) is 25.9 Å². The van der Waals surface area contributed by atoms with Crippen LogP contribution in [0.25, 0.3) is 17.0 Å². The molecule has 0 aliphatic carbocycles. The third-order valence-electron chi connectivity index (χ3n) is 5.73. The monoisotopic (exact) mass is 403 g/mol. The smallest absolute Gasteiger partial charge is 0.246 e. The Balaban J connectivity index is 1.50. The first kappa shape index (κ1) is 19.8. The minimum absolute atomic E-state index is 0.0925. The summed E-state index contributed by atoms with van der Waals surface area (Å²) in [5.41, 5.74) is 10.9. The van der Waals surface area contributed by atoms with E-state index in [1.54, 1.807) is 30.3 Å². The lowest BCUT2D eigenvalue weighted by Gasteiger charge is -2.20. The van der Waals surface area contributed by atoms with Crippen LogP contribution in [0.4, 0.5) is 5.82 Å². The summed E-state index contributed by atoms with van der Waals surface area (Å²) >= 11 is 0. The van der Waals surface area contributed by atoms with E-state index in [2.05, 4.69) is 33.9 Å². The van der Waals surface area contributed by atoms with Gasteiger partial charge in [-0.3, -0.25) is 9.59 Å². The van der Waals surface area contributed by atoms with E-state index >= 15 is 0 Å². The molecule has 1 atom stereocenters. The third-order valence-corrected chi connectivity index (χ3v) is 5.73. The van der Waals surface area contributed by atoms with E-state index in [4.69, 9.17) is 5.73 Å². The number of pyridine rings is 1. The van der Waals surface area contributed by atoms with Crippen molar-refractivity contribution in [2.75, 3.05) is 12.4 Å². The van der Waals surface area contributed by atoms with E-state index in [1.165, 1.54) is 5.39 Å². The largest absolute Gasteiger partial charge is 0.348 e. The molecule has 2 amide bonds. The highest BCUT2D eigenvalue weighted by molar-refractivity contribution is 5.97. The number of aromatic nitrogens is 2. The Hall–Kier alpha value is -3.45. The van der Waals surface area contributed by atoms with Gasteiger partial charge in [-0.1, -0.05) is 18.2 Å². The normalized spacial score (nSPS) is 16.0. The lowest BCUT2D eigenvalue weighted by Crippen LogP contribution is -2.41. The van der Waals surface area contributed by atoms with Gasteiger partial charge in [0.2, 0.25) is 11.8 Å². The molecule has 1 aromatic carbocycles. The molecule has 0 fully saturated rings. The number of hydrogen-bond donors (Lipinski definition) is 2. The maximum Gasteiger partial charge on any atom is 0.246 e. The van der Waals surface area contributed by atoms with Gasteiger partial charge in [0.05, 0.1) is 6.04 Å². The summed E-state index contributed by atoms with van der Waals surface area (Å²) in [5, 5.41) is 3.86. The van der Waals surface area contributed by atoms with Crippen molar-refractivity contribution in [3.8, 4) is 0 Å². The first-order valence-corrected chi connectivity index (χ1v) is 9.86. The highest BCUT2D eigenvalue weighted by atomic mass is 16.2. The molecule has 3 heterocycles.